The van der Waals surface area contributed by atoms with E-state index in [0.29, 0.717) is 10.9 Å². The van der Waals surface area contributed by atoms with E-state index in [1.54, 1.807) is 0 Å². The summed E-state index contributed by atoms with van der Waals surface area (Å²) in [7, 11) is 0. The molecule has 2 fully saturated rings. The predicted molar refractivity (Wildman–Crippen MR) is 86.1 cm³/mol. The van der Waals surface area contributed by atoms with Crippen LogP contribution in [0.15, 0.2) is 24.3 Å². The number of piperidine rings is 1. The molecule has 3 nitrogen and oxygen atoms in total. The third-order valence-corrected chi connectivity index (χ3v) is 5.18. The van der Waals surface area contributed by atoms with E-state index >= 15 is 0 Å². The predicted octanol–water partition coefficient (Wildman–Crippen LogP) is 2.45. The minimum Gasteiger partial charge on any atom is -0.389 e. The largest absolute Gasteiger partial charge is 0.389 e. The molecule has 2 atom stereocenters. The first-order valence-corrected chi connectivity index (χ1v) is 7.86. The van der Waals surface area contributed by atoms with Crippen LogP contribution in [0, 0.1) is 5.92 Å². The summed E-state index contributed by atoms with van der Waals surface area (Å²) in [5, 5.41) is 10.7. The summed E-state index contributed by atoms with van der Waals surface area (Å²) in [4.78, 5) is 2.82. The van der Waals surface area contributed by atoms with Crippen LogP contribution < -0.4 is 10.6 Å². The second kappa shape index (κ2) is 5.34. The monoisotopic (exact) mass is 290 g/mol. The molecule has 1 aliphatic carbocycles. The van der Waals surface area contributed by atoms with Crippen LogP contribution in [0.25, 0.3) is 0 Å². The van der Waals surface area contributed by atoms with E-state index in [2.05, 4.69) is 17.0 Å². The van der Waals surface area contributed by atoms with Crippen molar-refractivity contribution < 1.29 is 5.11 Å². The smallest absolute Gasteiger partial charge is 0.103 e. The molecular weight excluding hydrogens is 268 g/mol. The summed E-state index contributed by atoms with van der Waals surface area (Å²) < 4.78 is 0. The molecule has 1 saturated carbocycles. The van der Waals surface area contributed by atoms with Crippen molar-refractivity contribution >= 4 is 22.9 Å². The Kier molecular flexibility index (Phi) is 3.69. The molecule has 0 amide bonds. The van der Waals surface area contributed by atoms with Crippen LogP contribution in [0.3, 0.4) is 0 Å². The SMILES string of the molecule is NC(=S)c1ccc(N2CCC3(O)CCCCC3C2)cc1. The van der Waals surface area contributed by atoms with Crippen molar-refractivity contribution in [3.8, 4) is 0 Å². The Morgan fingerprint density at radius 2 is 2.00 bits per heavy atom. The lowest BCUT2D eigenvalue weighted by atomic mass is 9.71. The molecule has 0 bridgehead atoms. The van der Waals surface area contributed by atoms with Gasteiger partial charge in [0.2, 0.25) is 0 Å². The number of hydrogen-bond donors (Lipinski definition) is 2. The molecule has 1 heterocycles. The highest BCUT2D eigenvalue weighted by Gasteiger charge is 2.42. The van der Waals surface area contributed by atoms with Gasteiger partial charge in [0.25, 0.3) is 0 Å². The van der Waals surface area contributed by atoms with Crippen molar-refractivity contribution in [3.05, 3.63) is 29.8 Å². The normalized spacial score (nSPS) is 29.9. The van der Waals surface area contributed by atoms with E-state index < -0.39 is 5.60 Å². The Morgan fingerprint density at radius 1 is 1.25 bits per heavy atom. The van der Waals surface area contributed by atoms with Gasteiger partial charge in [-0.1, -0.05) is 25.1 Å². The van der Waals surface area contributed by atoms with Crippen molar-refractivity contribution in [1.82, 2.24) is 0 Å². The van der Waals surface area contributed by atoms with Crippen LogP contribution in [0.4, 0.5) is 5.69 Å². The molecule has 2 unspecified atom stereocenters. The molecule has 1 aromatic rings. The van der Waals surface area contributed by atoms with Crippen LogP contribution in [0.5, 0.6) is 0 Å². The Bertz CT molecular complexity index is 502. The molecule has 1 aliphatic heterocycles. The second-order valence-corrected chi connectivity index (χ2v) is 6.59. The average molecular weight is 290 g/mol. The average Bonchev–Trinajstić information content (AvgIpc) is 2.46. The number of aliphatic hydroxyl groups is 1. The van der Waals surface area contributed by atoms with E-state index in [-0.39, 0.29) is 0 Å². The lowest BCUT2D eigenvalue weighted by molar-refractivity contribution is -0.0612. The third-order valence-electron chi connectivity index (χ3n) is 4.94. The second-order valence-electron chi connectivity index (χ2n) is 6.15. The third kappa shape index (κ3) is 2.54. The van der Waals surface area contributed by atoms with Crippen molar-refractivity contribution in [3.63, 3.8) is 0 Å². The molecule has 2 aliphatic rings. The molecule has 20 heavy (non-hydrogen) atoms. The van der Waals surface area contributed by atoms with Crippen LogP contribution in [0.2, 0.25) is 0 Å². The molecule has 108 valence electrons. The maximum absolute atomic E-state index is 10.7. The summed E-state index contributed by atoms with van der Waals surface area (Å²) in [5.41, 5.74) is 7.34. The minimum atomic E-state index is -0.409. The summed E-state index contributed by atoms with van der Waals surface area (Å²) in [6.45, 7) is 1.89. The molecule has 3 N–H and O–H groups in total. The zero-order chi connectivity index (χ0) is 14.2. The van der Waals surface area contributed by atoms with Crippen molar-refractivity contribution in [2.24, 2.45) is 11.7 Å². The van der Waals surface area contributed by atoms with Gasteiger partial charge in [0, 0.05) is 30.3 Å². The lowest BCUT2D eigenvalue weighted by Crippen LogP contribution is -2.53. The summed E-state index contributed by atoms with van der Waals surface area (Å²) >= 11 is 4.98. The Hall–Kier alpha value is -1.13. The van der Waals surface area contributed by atoms with Crippen LogP contribution in [-0.2, 0) is 0 Å². The Balaban J connectivity index is 1.74. The first kappa shape index (κ1) is 13.8. The van der Waals surface area contributed by atoms with E-state index in [0.717, 1.165) is 37.9 Å². The Labute approximate surface area is 125 Å². The van der Waals surface area contributed by atoms with E-state index in [9.17, 15) is 5.11 Å². The molecule has 4 heteroatoms. The van der Waals surface area contributed by atoms with Gasteiger partial charge in [-0.25, -0.2) is 0 Å². The van der Waals surface area contributed by atoms with Gasteiger partial charge in [-0.05, 0) is 43.5 Å². The quantitative estimate of drug-likeness (QED) is 0.822. The maximum atomic E-state index is 10.7. The molecule has 3 rings (SSSR count). The lowest BCUT2D eigenvalue weighted by Gasteiger charge is -2.48. The highest BCUT2D eigenvalue weighted by Crippen LogP contribution is 2.40. The zero-order valence-electron chi connectivity index (χ0n) is 11.7. The molecule has 0 aromatic heterocycles. The van der Waals surface area contributed by atoms with Gasteiger partial charge < -0.3 is 15.7 Å². The molecular formula is C16H22N2OS. The first-order chi connectivity index (χ1) is 9.58. The number of fused-ring (bicyclic) bond motifs is 1. The topological polar surface area (TPSA) is 49.5 Å². The van der Waals surface area contributed by atoms with Gasteiger partial charge >= 0.3 is 0 Å². The number of nitrogens with two attached hydrogens (primary N) is 1. The number of thiocarbonyl (C=S) groups is 1. The number of nitrogens with zero attached hydrogens (tertiary/aromatic N) is 1. The number of anilines is 1. The van der Waals surface area contributed by atoms with Crippen LogP contribution in [0.1, 0.15) is 37.7 Å². The Morgan fingerprint density at radius 3 is 2.70 bits per heavy atom. The van der Waals surface area contributed by atoms with Crippen molar-refractivity contribution in [1.29, 1.82) is 0 Å². The van der Waals surface area contributed by atoms with Gasteiger partial charge in [-0.15, -0.1) is 0 Å². The van der Waals surface area contributed by atoms with Gasteiger partial charge in [0.05, 0.1) is 5.60 Å². The first-order valence-electron chi connectivity index (χ1n) is 7.46. The van der Waals surface area contributed by atoms with E-state index in [1.807, 2.05) is 12.1 Å². The standard InChI is InChI=1S/C16H22N2OS/c17-15(20)12-4-6-14(7-5-12)18-10-9-16(19)8-2-1-3-13(16)11-18/h4-7,13,19H,1-3,8-11H2,(H2,17,20). The summed E-state index contributed by atoms with van der Waals surface area (Å²) in [5.74, 6) is 0.417. The van der Waals surface area contributed by atoms with E-state index in [4.69, 9.17) is 18.0 Å². The number of rotatable bonds is 2. The fourth-order valence-corrected chi connectivity index (χ4v) is 3.78. The maximum Gasteiger partial charge on any atom is 0.103 e. The van der Waals surface area contributed by atoms with Gasteiger partial charge in [0.1, 0.15) is 4.99 Å². The van der Waals surface area contributed by atoms with Gasteiger partial charge in [-0.3, -0.25) is 0 Å². The highest BCUT2D eigenvalue weighted by atomic mass is 32.1. The summed E-state index contributed by atoms with van der Waals surface area (Å²) in [6.07, 6.45) is 5.44. The zero-order valence-corrected chi connectivity index (χ0v) is 12.5. The van der Waals surface area contributed by atoms with Crippen LogP contribution in [-0.4, -0.2) is 28.8 Å². The minimum absolute atomic E-state index is 0.409. The fraction of sp³-hybridized carbons (Fsp3) is 0.562. The number of hydrogen-bond acceptors (Lipinski definition) is 3. The molecule has 1 aromatic carbocycles. The van der Waals surface area contributed by atoms with Crippen LogP contribution >= 0.6 is 12.2 Å². The number of benzene rings is 1. The molecule has 1 saturated heterocycles. The highest BCUT2D eigenvalue weighted by molar-refractivity contribution is 7.80. The fourth-order valence-electron chi connectivity index (χ4n) is 3.64. The summed E-state index contributed by atoms with van der Waals surface area (Å²) in [6, 6.07) is 8.14. The molecule has 0 spiro atoms. The molecule has 0 radical (unpaired) electrons. The van der Waals surface area contributed by atoms with Crippen molar-refractivity contribution in [2.75, 3.05) is 18.0 Å². The van der Waals surface area contributed by atoms with Gasteiger partial charge in [0.15, 0.2) is 0 Å². The van der Waals surface area contributed by atoms with Crippen molar-refractivity contribution in [2.45, 2.75) is 37.7 Å². The van der Waals surface area contributed by atoms with Gasteiger partial charge in [-0.2, -0.15) is 0 Å². The van der Waals surface area contributed by atoms with E-state index in [1.165, 1.54) is 18.5 Å².